The normalized spacial score (nSPS) is 10.5. The van der Waals surface area contributed by atoms with Gasteiger partial charge in [0.2, 0.25) is 5.91 Å². The van der Waals surface area contributed by atoms with Crippen molar-refractivity contribution in [2.45, 2.75) is 20.0 Å². The summed E-state index contributed by atoms with van der Waals surface area (Å²) >= 11 is 0. The van der Waals surface area contributed by atoms with Crippen LogP contribution in [0, 0.1) is 0 Å². The monoisotopic (exact) mass is 256 g/mol. The third-order valence-corrected chi connectivity index (χ3v) is 2.58. The Hall–Kier alpha value is -2.36. The molecule has 0 fully saturated rings. The fourth-order valence-electron chi connectivity index (χ4n) is 1.78. The van der Waals surface area contributed by atoms with Crippen LogP contribution >= 0.6 is 0 Å². The van der Waals surface area contributed by atoms with Gasteiger partial charge in [-0.1, -0.05) is 18.2 Å². The number of nitrogens with zero attached hydrogens (tertiary/aromatic N) is 1. The number of amides is 1. The number of carbonyl (C=O) groups is 1. The van der Waals surface area contributed by atoms with Crippen molar-refractivity contribution in [1.29, 1.82) is 0 Å². The van der Waals surface area contributed by atoms with Gasteiger partial charge in [0.25, 0.3) is 0 Å². The molecule has 1 aromatic carbocycles. The maximum Gasteiger partial charge on any atom is 0.250 e. The molecule has 0 unspecified atom stereocenters. The highest BCUT2D eigenvalue weighted by molar-refractivity contribution is 5.93. The van der Waals surface area contributed by atoms with Gasteiger partial charge in [-0.05, 0) is 26.0 Å². The van der Waals surface area contributed by atoms with Gasteiger partial charge >= 0.3 is 0 Å². The van der Waals surface area contributed by atoms with E-state index in [1.165, 1.54) is 6.20 Å². The predicted molar refractivity (Wildman–Crippen MR) is 74.0 cm³/mol. The summed E-state index contributed by atoms with van der Waals surface area (Å²) in [6.07, 6.45) is 3.22. The van der Waals surface area contributed by atoms with Crippen LogP contribution in [0.2, 0.25) is 0 Å². The van der Waals surface area contributed by atoms with Crippen LogP contribution in [0.5, 0.6) is 5.75 Å². The number of benzene rings is 1. The number of ether oxygens (including phenoxy) is 1. The molecule has 0 spiro atoms. The maximum atomic E-state index is 11.2. The number of hydrogen-bond acceptors (Lipinski definition) is 3. The molecule has 0 aliphatic rings. The molecule has 0 radical (unpaired) electrons. The van der Waals surface area contributed by atoms with Crippen molar-refractivity contribution in [1.82, 2.24) is 4.98 Å². The molecule has 1 amide bonds. The van der Waals surface area contributed by atoms with Crippen LogP contribution in [0.3, 0.4) is 0 Å². The lowest BCUT2D eigenvalue weighted by Gasteiger charge is -2.14. The van der Waals surface area contributed by atoms with E-state index in [1.54, 1.807) is 12.3 Å². The van der Waals surface area contributed by atoms with Gasteiger partial charge in [-0.25, -0.2) is 0 Å². The molecule has 19 heavy (non-hydrogen) atoms. The molecule has 0 saturated heterocycles. The van der Waals surface area contributed by atoms with Gasteiger partial charge in [-0.15, -0.1) is 0 Å². The molecule has 98 valence electrons. The van der Waals surface area contributed by atoms with Crippen molar-refractivity contribution >= 4 is 5.91 Å². The molecule has 4 heteroatoms. The lowest BCUT2D eigenvalue weighted by atomic mass is 10.0. The summed E-state index contributed by atoms with van der Waals surface area (Å²) in [5.41, 5.74) is 7.36. The summed E-state index contributed by atoms with van der Waals surface area (Å²) in [7, 11) is 0. The Morgan fingerprint density at radius 1 is 1.26 bits per heavy atom. The van der Waals surface area contributed by atoms with Gasteiger partial charge in [0.05, 0.1) is 11.7 Å². The van der Waals surface area contributed by atoms with Crippen molar-refractivity contribution in [3.8, 4) is 16.9 Å². The number of rotatable bonds is 4. The third-order valence-electron chi connectivity index (χ3n) is 2.58. The molecule has 0 aliphatic carbocycles. The summed E-state index contributed by atoms with van der Waals surface area (Å²) in [6.45, 7) is 3.93. The molecule has 2 rings (SSSR count). The number of primary amides is 1. The summed E-state index contributed by atoms with van der Waals surface area (Å²) in [6, 6.07) is 9.37. The molecule has 1 heterocycles. The fraction of sp³-hybridized carbons (Fsp3) is 0.200. The van der Waals surface area contributed by atoms with Crippen molar-refractivity contribution in [3.05, 3.63) is 48.3 Å². The van der Waals surface area contributed by atoms with Gasteiger partial charge in [-0.3, -0.25) is 9.78 Å². The lowest BCUT2D eigenvalue weighted by Crippen LogP contribution is -2.11. The molecule has 0 saturated carbocycles. The first-order valence-corrected chi connectivity index (χ1v) is 6.09. The Kier molecular flexibility index (Phi) is 3.80. The third kappa shape index (κ3) is 3.10. The van der Waals surface area contributed by atoms with Gasteiger partial charge < -0.3 is 10.5 Å². The van der Waals surface area contributed by atoms with Gasteiger partial charge in [-0.2, -0.15) is 0 Å². The summed E-state index contributed by atoms with van der Waals surface area (Å²) < 4.78 is 5.76. The van der Waals surface area contributed by atoms with Gasteiger partial charge in [0, 0.05) is 23.5 Å². The number of aromatic nitrogens is 1. The highest BCUT2D eigenvalue weighted by Crippen LogP contribution is 2.30. The lowest BCUT2D eigenvalue weighted by molar-refractivity contribution is 0.1000. The SMILES string of the molecule is CC(C)Oc1ccccc1-c1cncc(C(N)=O)c1. The van der Waals surface area contributed by atoms with Crippen LogP contribution in [0.1, 0.15) is 24.2 Å². The highest BCUT2D eigenvalue weighted by Gasteiger charge is 2.09. The molecule has 2 N–H and O–H groups in total. The topological polar surface area (TPSA) is 65.2 Å². The minimum absolute atomic E-state index is 0.0773. The van der Waals surface area contributed by atoms with Crippen LogP contribution in [0.15, 0.2) is 42.7 Å². The van der Waals surface area contributed by atoms with E-state index < -0.39 is 5.91 Å². The zero-order chi connectivity index (χ0) is 13.8. The van der Waals surface area contributed by atoms with Crippen LogP contribution in [-0.4, -0.2) is 17.0 Å². The average Bonchev–Trinajstić information content (AvgIpc) is 2.39. The second kappa shape index (κ2) is 5.52. The van der Waals surface area contributed by atoms with E-state index in [2.05, 4.69) is 4.98 Å². The fourth-order valence-corrected chi connectivity index (χ4v) is 1.78. The zero-order valence-electron chi connectivity index (χ0n) is 11.0. The van der Waals surface area contributed by atoms with Crippen LogP contribution in [-0.2, 0) is 0 Å². The second-order valence-electron chi connectivity index (χ2n) is 4.49. The number of carbonyl (C=O) groups excluding carboxylic acids is 1. The summed E-state index contributed by atoms with van der Waals surface area (Å²) in [5, 5.41) is 0. The van der Waals surface area contributed by atoms with Crippen LogP contribution in [0.4, 0.5) is 0 Å². The number of para-hydroxylation sites is 1. The Morgan fingerprint density at radius 2 is 2.00 bits per heavy atom. The molecule has 4 nitrogen and oxygen atoms in total. The van der Waals surface area contributed by atoms with E-state index in [0.717, 1.165) is 16.9 Å². The van der Waals surface area contributed by atoms with E-state index >= 15 is 0 Å². The minimum atomic E-state index is -0.489. The van der Waals surface area contributed by atoms with E-state index in [4.69, 9.17) is 10.5 Å². The number of nitrogens with two attached hydrogens (primary N) is 1. The van der Waals surface area contributed by atoms with E-state index in [1.807, 2.05) is 38.1 Å². The van der Waals surface area contributed by atoms with E-state index in [9.17, 15) is 4.79 Å². The predicted octanol–water partition coefficient (Wildman–Crippen LogP) is 2.63. The van der Waals surface area contributed by atoms with Crippen molar-refractivity contribution in [2.24, 2.45) is 5.73 Å². The second-order valence-corrected chi connectivity index (χ2v) is 4.49. The Morgan fingerprint density at radius 3 is 2.68 bits per heavy atom. The maximum absolute atomic E-state index is 11.2. The number of pyridine rings is 1. The Labute approximate surface area is 112 Å². The standard InChI is InChI=1S/C15H16N2O2/c1-10(2)19-14-6-4-3-5-13(14)11-7-12(15(16)18)9-17-8-11/h3-10H,1-2H3,(H2,16,18). The molecule has 1 aromatic heterocycles. The first-order chi connectivity index (χ1) is 9.08. The first kappa shape index (κ1) is 13.1. The van der Waals surface area contributed by atoms with Crippen molar-refractivity contribution in [2.75, 3.05) is 0 Å². The molecular weight excluding hydrogens is 240 g/mol. The molecule has 0 bridgehead atoms. The minimum Gasteiger partial charge on any atom is -0.490 e. The zero-order valence-corrected chi connectivity index (χ0v) is 11.0. The van der Waals surface area contributed by atoms with Crippen molar-refractivity contribution in [3.63, 3.8) is 0 Å². The molecular formula is C15H16N2O2. The Balaban J connectivity index is 2.46. The Bertz CT molecular complexity index is 594. The highest BCUT2D eigenvalue weighted by atomic mass is 16.5. The average molecular weight is 256 g/mol. The molecule has 2 aromatic rings. The smallest absolute Gasteiger partial charge is 0.250 e. The van der Waals surface area contributed by atoms with Crippen LogP contribution < -0.4 is 10.5 Å². The van der Waals surface area contributed by atoms with Crippen molar-refractivity contribution < 1.29 is 9.53 Å². The van der Waals surface area contributed by atoms with E-state index in [0.29, 0.717) is 5.56 Å². The molecule has 0 aliphatic heterocycles. The largest absolute Gasteiger partial charge is 0.490 e. The number of hydrogen-bond donors (Lipinski definition) is 1. The molecule has 0 atom stereocenters. The van der Waals surface area contributed by atoms with E-state index in [-0.39, 0.29) is 6.10 Å². The van der Waals surface area contributed by atoms with Crippen LogP contribution in [0.25, 0.3) is 11.1 Å². The summed E-state index contributed by atoms with van der Waals surface area (Å²) in [4.78, 5) is 15.2. The summed E-state index contributed by atoms with van der Waals surface area (Å²) in [5.74, 6) is 0.275. The van der Waals surface area contributed by atoms with Gasteiger partial charge in [0.15, 0.2) is 0 Å². The van der Waals surface area contributed by atoms with Gasteiger partial charge in [0.1, 0.15) is 5.75 Å². The first-order valence-electron chi connectivity index (χ1n) is 6.09. The quantitative estimate of drug-likeness (QED) is 0.914.